The highest BCUT2D eigenvalue weighted by molar-refractivity contribution is 5.22. The minimum Gasteiger partial charge on any atom is -0.376 e. The van der Waals surface area contributed by atoms with Gasteiger partial charge >= 0.3 is 0 Å². The summed E-state index contributed by atoms with van der Waals surface area (Å²) in [7, 11) is 2.19. The molecule has 3 rings (SSSR count). The number of nitrogens with one attached hydrogen (secondary N) is 1. The Kier molecular flexibility index (Phi) is 3.43. The summed E-state index contributed by atoms with van der Waals surface area (Å²) in [5.74, 6) is 2.09. The fourth-order valence-corrected chi connectivity index (χ4v) is 3.06. The molecular formula is C13H20N4O. The highest BCUT2D eigenvalue weighted by atomic mass is 16.5. The summed E-state index contributed by atoms with van der Waals surface area (Å²) in [4.78, 5) is 10.7. The molecular weight excluding hydrogens is 228 g/mol. The van der Waals surface area contributed by atoms with E-state index in [1.54, 1.807) is 12.4 Å². The van der Waals surface area contributed by atoms with Gasteiger partial charge in [0.1, 0.15) is 0 Å². The topological polar surface area (TPSA) is 50.3 Å². The molecule has 3 atom stereocenters. The fourth-order valence-electron chi connectivity index (χ4n) is 3.06. The molecule has 1 aromatic heterocycles. The van der Waals surface area contributed by atoms with E-state index >= 15 is 0 Å². The summed E-state index contributed by atoms with van der Waals surface area (Å²) in [6, 6.07) is 1.82. The van der Waals surface area contributed by atoms with Crippen molar-refractivity contribution >= 4 is 5.95 Å². The quantitative estimate of drug-likeness (QED) is 0.859. The number of aromatic nitrogens is 2. The van der Waals surface area contributed by atoms with Crippen molar-refractivity contribution in [1.29, 1.82) is 0 Å². The van der Waals surface area contributed by atoms with Crippen molar-refractivity contribution in [2.75, 3.05) is 38.6 Å². The number of rotatable bonds is 3. The van der Waals surface area contributed by atoms with E-state index in [-0.39, 0.29) is 0 Å². The zero-order valence-corrected chi connectivity index (χ0v) is 10.7. The van der Waals surface area contributed by atoms with Crippen LogP contribution in [-0.2, 0) is 4.74 Å². The molecule has 2 aliphatic rings. The van der Waals surface area contributed by atoms with Crippen LogP contribution in [0.15, 0.2) is 18.5 Å². The largest absolute Gasteiger partial charge is 0.376 e. The van der Waals surface area contributed by atoms with E-state index in [4.69, 9.17) is 4.74 Å². The Balaban J connectivity index is 1.55. The van der Waals surface area contributed by atoms with E-state index in [1.165, 1.54) is 19.5 Å². The van der Waals surface area contributed by atoms with Gasteiger partial charge in [0, 0.05) is 31.4 Å². The minimum absolute atomic E-state index is 0.313. The van der Waals surface area contributed by atoms with Crippen LogP contribution in [0, 0.1) is 11.8 Å². The first-order valence-corrected chi connectivity index (χ1v) is 6.64. The number of fused-ring (bicyclic) bond motifs is 1. The van der Waals surface area contributed by atoms with Crippen molar-refractivity contribution in [2.45, 2.75) is 12.5 Å². The van der Waals surface area contributed by atoms with E-state index in [1.807, 2.05) is 6.07 Å². The first kappa shape index (κ1) is 11.9. The second kappa shape index (κ2) is 5.20. The number of ether oxygens (including phenoxy) is 1. The van der Waals surface area contributed by atoms with Gasteiger partial charge in [0.15, 0.2) is 0 Å². The summed E-state index contributed by atoms with van der Waals surface area (Å²) in [6.07, 6.45) is 5.06. The molecule has 0 spiro atoms. The van der Waals surface area contributed by atoms with Crippen molar-refractivity contribution in [2.24, 2.45) is 11.8 Å². The number of piperidine rings is 1. The molecule has 18 heavy (non-hydrogen) atoms. The van der Waals surface area contributed by atoms with Gasteiger partial charge in [0.2, 0.25) is 5.95 Å². The predicted molar refractivity (Wildman–Crippen MR) is 69.4 cm³/mol. The highest BCUT2D eigenvalue weighted by Gasteiger charge is 2.39. The number of likely N-dealkylation sites (tertiary alicyclic amines) is 1. The fraction of sp³-hybridized carbons (Fsp3) is 0.692. The lowest BCUT2D eigenvalue weighted by molar-refractivity contribution is 0.0969. The zero-order valence-electron chi connectivity index (χ0n) is 10.7. The predicted octanol–water partition coefficient (Wildman–Crippen LogP) is 0.855. The SMILES string of the molecule is CN1CC[C@@H]2[C@@H](CO[C@H]2CNc2ncccn2)C1. The highest BCUT2D eigenvalue weighted by Crippen LogP contribution is 2.33. The Morgan fingerprint density at radius 3 is 3.11 bits per heavy atom. The van der Waals surface area contributed by atoms with Crippen molar-refractivity contribution in [3.8, 4) is 0 Å². The molecule has 0 saturated carbocycles. The monoisotopic (exact) mass is 248 g/mol. The van der Waals surface area contributed by atoms with Crippen molar-refractivity contribution in [3.05, 3.63) is 18.5 Å². The molecule has 2 fully saturated rings. The Labute approximate surface area is 108 Å². The second-order valence-corrected chi connectivity index (χ2v) is 5.30. The molecule has 5 heteroatoms. The van der Waals surface area contributed by atoms with Crippen LogP contribution >= 0.6 is 0 Å². The summed E-state index contributed by atoms with van der Waals surface area (Å²) in [5, 5.41) is 3.27. The van der Waals surface area contributed by atoms with Gasteiger partial charge < -0.3 is 15.0 Å². The van der Waals surface area contributed by atoms with Crippen LogP contribution in [0.2, 0.25) is 0 Å². The maximum atomic E-state index is 5.93. The van der Waals surface area contributed by atoms with Gasteiger partial charge in [0.05, 0.1) is 12.7 Å². The van der Waals surface area contributed by atoms with E-state index in [9.17, 15) is 0 Å². The minimum atomic E-state index is 0.313. The van der Waals surface area contributed by atoms with E-state index in [2.05, 4.69) is 27.2 Å². The second-order valence-electron chi connectivity index (χ2n) is 5.30. The number of anilines is 1. The van der Waals surface area contributed by atoms with Crippen LogP contribution < -0.4 is 5.32 Å². The van der Waals surface area contributed by atoms with Gasteiger partial charge in [-0.25, -0.2) is 9.97 Å². The Hall–Kier alpha value is -1.20. The van der Waals surface area contributed by atoms with Gasteiger partial charge in [-0.3, -0.25) is 0 Å². The van der Waals surface area contributed by atoms with E-state index in [0.29, 0.717) is 23.9 Å². The maximum Gasteiger partial charge on any atom is 0.222 e. The molecule has 2 aliphatic heterocycles. The Morgan fingerprint density at radius 2 is 2.28 bits per heavy atom. The molecule has 0 aliphatic carbocycles. The Morgan fingerprint density at radius 1 is 1.44 bits per heavy atom. The lowest BCUT2D eigenvalue weighted by atomic mass is 9.84. The molecule has 98 valence electrons. The average molecular weight is 248 g/mol. The summed E-state index contributed by atoms with van der Waals surface area (Å²) in [5.41, 5.74) is 0. The molecule has 1 aromatic rings. The Bertz CT molecular complexity index is 386. The lowest BCUT2D eigenvalue weighted by Crippen LogP contribution is -2.40. The van der Waals surface area contributed by atoms with Crippen LogP contribution in [-0.4, -0.2) is 54.3 Å². The standard InChI is InChI=1S/C13H20N4O/c1-17-6-3-11-10(8-17)9-18-12(11)7-16-13-14-4-2-5-15-13/h2,4-5,10-12H,3,6-9H2,1H3,(H,14,15,16)/t10-,11-,12+/m1/s1. The normalized spacial score (nSPS) is 32.2. The third-order valence-corrected chi connectivity index (χ3v) is 4.02. The molecule has 2 saturated heterocycles. The first-order chi connectivity index (χ1) is 8.83. The van der Waals surface area contributed by atoms with Crippen molar-refractivity contribution in [3.63, 3.8) is 0 Å². The van der Waals surface area contributed by atoms with Crippen LogP contribution in [0.1, 0.15) is 6.42 Å². The lowest BCUT2D eigenvalue weighted by Gasteiger charge is -2.33. The van der Waals surface area contributed by atoms with Gasteiger partial charge in [0.25, 0.3) is 0 Å². The van der Waals surface area contributed by atoms with Crippen LogP contribution in [0.4, 0.5) is 5.95 Å². The maximum absolute atomic E-state index is 5.93. The summed E-state index contributed by atoms with van der Waals surface area (Å²) >= 11 is 0. The van der Waals surface area contributed by atoms with Crippen LogP contribution in [0.3, 0.4) is 0 Å². The van der Waals surface area contributed by atoms with E-state index < -0.39 is 0 Å². The molecule has 3 heterocycles. The van der Waals surface area contributed by atoms with Crippen molar-refractivity contribution in [1.82, 2.24) is 14.9 Å². The van der Waals surface area contributed by atoms with E-state index in [0.717, 1.165) is 13.2 Å². The molecule has 0 amide bonds. The molecule has 0 unspecified atom stereocenters. The van der Waals surface area contributed by atoms with Crippen LogP contribution in [0.5, 0.6) is 0 Å². The van der Waals surface area contributed by atoms with Gasteiger partial charge in [-0.15, -0.1) is 0 Å². The smallest absolute Gasteiger partial charge is 0.222 e. The first-order valence-electron chi connectivity index (χ1n) is 6.64. The third kappa shape index (κ3) is 2.47. The van der Waals surface area contributed by atoms with Gasteiger partial charge in [-0.2, -0.15) is 0 Å². The molecule has 5 nitrogen and oxygen atoms in total. The summed E-state index contributed by atoms with van der Waals surface area (Å²) < 4.78 is 5.93. The number of hydrogen-bond acceptors (Lipinski definition) is 5. The number of hydrogen-bond donors (Lipinski definition) is 1. The third-order valence-electron chi connectivity index (χ3n) is 4.02. The molecule has 0 radical (unpaired) electrons. The van der Waals surface area contributed by atoms with Gasteiger partial charge in [-0.1, -0.05) is 0 Å². The van der Waals surface area contributed by atoms with Crippen molar-refractivity contribution < 1.29 is 4.74 Å². The molecule has 0 aromatic carbocycles. The average Bonchev–Trinajstić information content (AvgIpc) is 2.80. The number of nitrogens with zero attached hydrogens (tertiary/aromatic N) is 3. The summed E-state index contributed by atoms with van der Waals surface area (Å²) in [6.45, 7) is 4.07. The van der Waals surface area contributed by atoms with Gasteiger partial charge in [-0.05, 0) is 32.0 Å². The molecule has 1 N–H and O–H groups in total. The molecule has 0 bridgehead atoms. The zero-order chi connectivity index (χ0) is 12.4. The van der Waals surface area contributed by atoms with Crippen LogP contribution in [0.25, 0.3) is 0 Å².